The maximum absolute atomic E-state index is 12.6. The molecule has 0 aliphatic rings. The number of hydrogen-bond donors (Lipinski definition) is 0. The van der Waals surface area contributed by atoms with Crippen molar-refractivity contribution in [1.82, 2.24) is 0 Å². The molecule has 0 atom stereocenters. The molecule has 0 heterocycles. The lowest BCUT2D eigenvalue weighted by molar-refractivity contribution is 0.0641. The first kappa shape index (κ1) is 7.74. The molecular weight excluding hydrogens is 146 g/mol. The van der Waals surface area contributed by atoms with E-state index >= 15 is 0 Å². The standard InChI is InChI=1S/C9H6F2/c1-2-9(10,11)8-6-4-3-5-7-8/h1,3-7H. The fourth-order valence-corrected chi connectivity index (χ4v) is 0.731. The van der Waals surface area contributed by atoms with Crippen molar-refractivity contribution in [3.63, 3.8) is 0 Å². The van der Waals surface area contributed by atoms with E-state index in [1.54, 1.807) is 6.07 Å². The van der Waals surface area contributed by atoms with Gasteiger partial charge >= 0.3 is 5.92 Å². The molecule has 1 rings (SSSR count). The van der Waals surface area contributed by atoms with E-state index in [0.717, 1.165) is 0 Å². The van der Waals surface area contributed by atoms with Gasteiger partial charge in [0, 0.05) is 5.56 Å². The molecule has 0 unspecified atom stereocenters. The highest BCUT2D eigenvalue weighted by atomic mass is 19.3. The number of benzene rings is 1. The summed E-state index contributed by atoms with van der Waals surface area (Å²) in [5, 5.41) is 0. The molecule has 0 aromatic heterocycles. The Labute approximate surface area is 63.9 Å². The molecule has 0 amide bonds. The van der Waals surface area contributed by atoms with Gasteiger partial charge in [-0.3, -0.25) is 0 Å². The Balaban J connectivity index is 3.05. The average molecular weight is 152 g/mol. The lowest BCUT2D eigenvalue weighted by Gasteiger charge is -2.07. The second kappa shape index (κ2) is 2.71. The molecule has 0 aliphatic carbocycles. The molecule has 0 spiro atoms. The Morgan fingerprint density at radius 2 is 1.73 bits per heavy atom. The number of terminal acetylenes is 1. The zero-order valence-corrected chi connectivity index (χ0v) is 5.72. The third-order valence-corrected chi connectivity index (χ3v) is 1.32. The predicted octanol–water partition coefficient (Wildman–Crippen LogP) is 2.41. The van der Waals surface area contributed by atoms with E-state index < -0.39 is 5.92 Å². The number of halogens is 2. The SMILES string of the molecule is C#CC(F)(F)c1ccccc1. The number of hydrogen-bond acceptors (Lipinski definition) is 0. The van der Waals surface area contributed by atoms with Gasteiger partial charge in [0.15, 0.2) is 0 Å². The van der Waals surface area contributed by atoms with E-state index in [2.05, 4.69) is 6.42 Å². The van der Waals surface area contributed by atoms with Gasteiger partial charge < -0.3 is 0 Å². The first-order chi connectivity index (χ1) is 5.17. The highest BCUT2D eigenvalue weighted by molar-refractivity contribution is 5.26. The first-order valence-corrected chi connectivity index (χ1v) is 3.08. The van der Waals surface area contributed by atoms with E-state index in [1.165, 1.54) is 30.2 Å². The van der Waals surface area contributed by atoms with Crippen molar-refractivity contribution < 1.29 is 8.78 Å². The maximum Gasteiger partial charge on any atom is 0.333 e. The van der Waals surface area contributed by atoms with Crippen LogP contribution in [-0.2, 0) is 5.92 Å². The van der Waals surface area contributed by atoms with Crippen LogP contribution in [0, 0.1) is 12.3 Å². The predicted molar refractivity (Wildman–Crippen MR) is 39.2 cm³/mol. The van der Waals surface area contributed by atoms with Gasteiger partial charge in [0.05, 0.1) is 0 Å². The quantitative estimate of drug-likeness (QED) is 0.542. The van der Waals surface area contributed by atoms with Crippen molar-refractivity contribution in [1.29, 1.82) is 0 Å². The minimum atomic E-state index is -3.14. The minimum absolute atomic E-state index is 0.137. The number of rotatable bonds is 1. The Morgan fingerprint density at radius 3 is 2.18 bits per heavy atom. The molecule has 0 saturated heterocycles. The summed E-state index contributed by atoms with van der Waals surface area (Å²) in [6, 6.07) is 7.33. The summed E-state index contributed by atoms with van der Waals surface area (Å²) in [6.07, 6.45) is 4.64. The second-order valence-electron chi connectivity index (χ2n) is 2.08. The van der Waals surface area contributed by atoms with Crippen molar-refractivity contribution in [3.05, 3.63) is 35.9 Å². The van der Waals surface area contributed by atoms with E-state index in [0.29, 0.717) is 0 Å². The summed E-state index contributed by atoms with van der Waals surface area (Å²) in [5.41, 5.74) is -0.137. The van der Waals surface area contributed by atoms with Crippen molar-refractivity contribution in [3.8, 4) is 12.3 Å². The lowest BCUT2D eigenvalue weighted by atomic mass is 10.1. The van der Waals surface area contributed by atoms with Gasteiger partial charge in [0.2, 0.25) is 0 Å². The second-order valence-corrected chi connectivity index (χ2v) is 2.08. The molecule has 56 valence electrons. The van der Waals surface area contributed by atoms with E-state index in [9.17, 15) is 8.78 Å². The molecule has 0 fully saturated rings. The molecule has 0 N–H and O–H groups in total. The summed E-state index contributed by atoms with van der Waals surface area (Å²) in [7, 11) is 0. The molecule has 2 heteroatoms. The smallest absolute Gasteiger partial charge is 0.186 e. The van der Waals surface area contributed by atoms with Crippen LogP contribution in [0.3, 0.4) is 0 Å². The zero-order chi connectivity index (χ0) is 8.32. The van der Waals surface area contributed by atoms with E-state index in [1.807, 2.05) is 0 Å². The van der Waals surface area contributed by atoms with E-state index in [4.69, 9.17) is 0 Å². The Kier molecular flexibility index (Phi) is 1.91. The monoisotopic (exact) mass is 152 g/mol. The first-order valence-electron chi connectivity index (χ1n) is 3.08. The van der Waals surface area contributed by atoms with Crippen LogP contribution in [0.1, 0.15) is 5.56 Å². The van der Waals surface area contributed by atoms with Gasteiger partial charge in [-0.2, -0.15) is 8.78 Å². The molecular formula is C9H6F2. The molecule has 1 aromatic carbocycles. The van der Waals surface area contributed by atoms with Gasteiger partial charge in [0.1, 0.15) is 0 Å². The molecule has 0 nitrogen and oxygen atoms in total. The highest BCUT2D eigenvalue weighted by Gasteiger charge is 2.27. The van der Waals surface area contributed by atoms with Crippen LogP contribution in [0.5, 0.6) is 0 Å². The van der Waals surface area contributed by atoms with Crippen LogP contribution in [-0.4, -0.2) is 0 Å². The lowest BCUT2D eigenvalue weighted by Crippen LogP contribution is -2.08. The molecule has 0 aliphatic heterocycles. The summed E-state index contributed by atoms with van der Waals surface area (Å²) in [6.45, 7) is 0. The van der Waals surface area contributed by atoms with Gasteiger partial charge in [-0.25, -0.2) is 0 Å². The maximum atomic E-state index is 12.6. The van der Waals surface area contributed by atoms with Gasteiger partial charge in [-0.15, -0.1) is 6.42 Å². The topological polar surface area (TPSA) is 0 Å². The van der Waals surface area contributed by atoms with Crippen LogP contribution in [0.4, 0.5) is 8.78 Å². The Morgan fingerprint density at radius 1 is 1.18 bits per heavy atom. The molecule has 0 radical (unpaired) electrons. The fourth-order valence-electron chi connectivity index (χ4n) is 0.731. The van der Waals surface area contributed by atoms with Gasteiger partial charge in [-0.1, -0.05) is 30.3 Å². The van der Waals surface area contributed by atoms with Crippen molar-refractivity contribution >= 4 is 0 Å². The summed E-state index contributed by atoms with van der Waals surface area (Å²) in [5.74, 6) is -1.71. The minimum Gasteiger partial charge on any atom is -0.186 e. The third kappa shape index (κ3) is 1.56. The van der Waals surface area contributed by atoms with E-state index in [-0.39, 0.29) is 5.56 Å². The Bertz CT molecular complexity index is 269. The van der Waals surface area contributed by atoms with Crippen LogP contribution in [0.2, 0.25) is 0 Å². The van der Waals surface area contributed by atoms with Crippen LogP contribution < -0.4 is 0 Å². The highest BCUT2D eigenvalue weighted by Crippen LogP contribution is 2.25. The molecule has 0 saturated carbocycles. The normalized spacial score (nSPS) is 10.6. The van der Waals surface area contributed by atoms with Crippen LogP contribution >= 0.6 is 0 Å². The third-order valence-electron chi connectivity index (χ3n) is 1.32. The van der Waals surface area contributed by atoms with Gasteiger partial charge in [0.25, 0.3) is 0 Å². The van der Waals surface area contributed by atoms with Crippen molar-refractivity contribution in [2.75, 3.05) is 0 Å². The summed E-state index contributed by atoms with van der Waals surface area (Å²) < 4.78 is 25.3. The zero-order valence-electron chi connectivity index (χ0n) is 5.72. The molecule has 11 heavy (non-hydrogen) atoms. The fraction of sp³-hybridized carbons (Fsp3) is 0.111. The largest absolute Gasteiger partial charge is 0.333 e. The molecule has 0 bridgehead atoms. The summed E-state index contributed by atoms with van der Waals surface area (Å²) in [4.78, 5) is 0. The molecule has 1 aromatic rings. The van der Waals surface area contributed by atoms with Crippen LogP contribution in [0.15, 0.2) is 30.3 Å². The van der Waals surface area contributed by atoms with Crippen LogP contribution in [0.25, 0.3) is 0 Å². The van der Waals surface area contributed by atoms with Crippen molar-refractivity contribution in [2.45, 2.75) is 5.92 Å². The van der Waals surface area contributed by atoms with Gasteiger partial charge in [-0.05, 0) is 5.92 Å². The number of alkyl halides is 2. The Hall–Kier alpha value is -1.36. The summed E-state index contributed by atoms with van der Waals surface area (Å²) >= 11 is 0. The van der Waals surface area contributed by atoms with Crippen molar-refractivity contribution in [2.24, 2.45) is 0 Å². The average Bonchev–Trinajstić information content (AvgIpc) is 2.06.